The summed E-state index contributed by atoms with van der Waals surface area (Å²) in [5, 5.41) is 11.4. The van der Waals surface area contributed by atoms with Gasteiger partial charge in [0, 0.05) is 19.0 Å². The van der Waals surface area contributed by atoms with Crippen LogP contribution in [0.5, 0.6) is 5.75 Å². The van der Waals surface area contributed by atoms with Crippen LogP contribution in [0.15, 0.2) is 46.3 Å². The lowest BCUT2D eigenvalue weighted by molar-refractivity contribution is 0.0809. The van der Waals surface area contributed by atoms with E-state index in [1.165, 1.54) is 30.0 Å². The normalized spacial score (nSPS) is 17.0. The van der Waals surface area contributed by atoms with E-state index in [-0.39, 0.29) is 29.6 Å². The predicted octanol–water partition coefficient (Wildman–Crippen LogP) is 2.62. The topological polar surface area (TPSA) is 121 Å². The molecule has 180 valence electrons. The Labute approximate surface area is 199 Å². The smallest absolute Gasteiger partial charge is 0.270 e. The molecule has 2 aromatic heterocycles. The van der Waals surface area contributed by atoms with Crippen molar-refractivity contribution in [1.82, 2.24) is 25.1 Å². The molecule has 0 bridgehead atoms. The maximum atomic E-state index is 13.6. The Balaban J connectivity index is 1.28. The number of methoxy groups -OCH3 is 1. The van der Waals surface area contributed by atoms with Gasteiger partial charge in [0.25, 0.3) is 11.5 Å². The van der Waals surface area contributed by atoms with Crippen molar-refractivity contribution in [2.45, 2.75) is 44.9 Å². The fourth-order valence-corrected chi connectivity index (χ4v) is 3.80. The van der Waals surface area contributed by atoms with E-state index in [1.54, 1.807) is 25.1 Å². The molecule has 0 saturated heterocycles. The number of amides is 1. The Morgan fingerprint density at radius 1 is 1.23 bits per heavy atom. The van der Waals surface area contributed by atoms with E-state index < -0.39 is 17.8 Å². The molecule has 1 aliphatic heterocycles. The van der Waals surface area contributed by atoms with Gasteiger partial charge in [-0.3, -0.25) is 9.59 Å². The first-order chi connectivity index (χ1) is 16.9. The Morgan fingerprint density at radius 3 is 2.83 bits per heavy atom. The first-order valence-electron chi connectivity index (χ1n) is 11.2. The molecule has 1 saturated carbocycles. The van der Waals surface area contributed by atoms with Gasteiger partial charge in [0.15, 0.2) is 17.7 Å². The molecule has 0 unspecified atom stereocenters. The number of aryl methyl sites for hydroxylation is 1. The van der Waals surface area contributed by atoms with E-state index in [1.807, 2.05) is 0 Å². The third-order valence-corrected chi connectivity index (χ3v) is 5.77. The minimum Gasteiger partial charge on any atom is -0.494 e. The molecule has 1 N–H and O–H groups in total. The van der Waals surface area contributed by atoms with E-state index in [4.69, 9.17) is 9.57 Å². The van der Waals surface area contributed by atoms with E-state index in [2.05, 4.69) is 25.5 Å². The zero-order valence-corrected chi connectivity index (χ0v) is 19.2. The molecule has 35 heavy (non-hydrogen) atoms. The van der Waals surface area contributed by atoms with Crippen molar-refractivity contribution in [1.29, 1.82) is 0 Å². The van der Waals surface area contributed by atoms with Crippen LogP contribution in [0.2, 0.25) is 0 Å². The summed E-state index contributed by atoms with van der Waals surface area (Å²) in [4.78, 5) is 39.0. The second kappa shape index (κ2) is 9.24. The van der Waals surface area contributed by atoms with Gasteiger partial charge >= 0.3 is 0 Å². The highest BCUT2D eigenvalue weighted by atomic mass is 19.1. The maximum absolute atomic E-state index is 13.6. The second-order valence-electron chi connectivity index (χ2n) is 8.45. The minimum absolute atomic E-state index is 0.104. The lowest BCUT2D eigenvalue weighted by Crippen LogP contribution is -2.25. The summed E-state index contributed by atoms with van der Waals surface area (Å²) in [6.07, 6.45) is 1.84. The summed E-state index contributed by atoms with van der Waals surface area (Å²) in [5.74, 6) is -0.372. The number of nitrogens with one attached hydrogen (secondary N) is 1. The molecule has 10 nitrogen and oxygen atoms in total. The van der Waals surface area contributed by atoms with Gasteiger partial charge in [0.1, 0.15) is 22.9 Å². The molecule has 5 rings (SSSR count). The van der Waals surface area contributed by atoms with Crippen molar-refractivity contribution in [2.24, 2.45) is 5.16 Å². The number of rotatable bonds is 7. The fraction of sp³-hybridized carbons (Fsp3) is 0.333. The summed E-state index contributed by atoms with van der Waals surface area (Å²) in [5.41, 5.74) is 2.38. The van der Waals surface area contributed by atoms with Gasteiger partial charge < -0.3 is 14.9 Å². The Hall–Kier alpha value is -4.15. The summed E-state index contributed by atoms with van der Waals surface area (Å²) in [6.45, 7) is 1.86. The zero-order chi connectivity index (χ0) is 24.5. The van der Waals surface area contributed by atoms with Crippen molar-refractivity contribution in [3.63, 3.8) is 0 Å². The minimum atomic E-state index is -0.474. The number of benzene rings is 1. The van der Waals surface area contributed by atoms with Crippen LogP contribution in [0.1, 0.15) is 64.7 Å². The summed E-state index contributed by atoms with van der Waals surface area (Å²) in [6, 6.07) is 9.24. The highest BCUT2D eigenvalue weighted by Crippen LogP contribution is 2.34. The van der Waals surface area contributed by atoms with Gasteiger partial charge in [-0.15, -0.1) is 0 Å². The number of aromatic nitrogens is 4. The van der Waals surface area contributed by atoms with Gasteiger partial charge in [0.2, 0.25) is 0 Å². The van der Waals surface area contributed by atoms with Crippen molar-refractivity contribution in [2.75, 3.05) is 7.11 Å². The van der Waals surface area contributed by atoms with Gasteiger partial charge in [-0.25, -0.2) is 19.0 Å². The van der Waals surface area contributed by atoms with Crippen LogP contribution < -0.4 is 15.6 Å². The summed E-state index contributed by atoms with van der Waals surface area (Å²) >= 11 is 0. The maximum Gasteiger partial charge on any atom is 0.270 e. The van der Waals surface area contributed by atoms with Crippen LogP contribution in [0, 0.1) is 12.7 Å². The summed E-state index contributed by atoms with van der Waals surface area (Å²) in [7, 11) is 1.38. The largest absolute Gasteiger partial charge is 0.494 e. The highest BCUT2D eigenvalue weighted by molar-refractivity contribution is 6.02. The molecule has 0 spiro atoms. The average Bonchev–Trinajstić information content (AvgIpc) is 3.58. The molecule has 1 atom stereocenters. The average molecular weight is 478 g/mol. The molecule has 3 aromatic rings. The van der Waals surface area contributed by atoms with E-state index >= 15 is 0 Å². The van der Waals surface area contributed by atoms with Crippen molar-refractivity contribution >= 4 is 11.6 Å². The zero-order valence-electron chi connectivity index (χ0n) is 19.2. The number of ether oxygens (including phenoxy) is 1. The highest BCUT2D eigenvalue weighted by Gasteiger charge is 2.30. The van der Waals surface area contributed by atoms with Crippen LogP contribution in [-0.2, 0) is 11.4 Å². The molecule has 1 fully saturated rings. The molecule has 11 heteroatoms. The van der Waals surface area contributed by atoms with Crippen LogP contribution in [-0.4, -0.2) is 38.5 Å². The van der Waals surface area contributed by atoms with E-state index in [0.717, 1.165) is 12.8 Å². The number of halogens is 1. The molecule has 2 aliphatic rings. The quantitative estimate of drug-likeness (QED) is 0.554. The third kappa shape index (κ3) is 4.88. The van der Waals surface area contributed by atoms with Gasteiger partial charge in [-0.2, -0.15) is 5.10 Å². The van der Waals surface area contributed by atoms with Gasteiger partial charge in [-0.1, -0.05) is 11.2 Å². The first-order valence-corrected chi connectivity index (χ1v) is 11.2. The molecule has 0 radical (unpaired) electrons. The molecular formula is C24H23FN6O4. The molecule has 1 amide bonds. The van der Waals surface area contributed by atoms with Crippen LogP contribution in [0.3, 0.4) is 0 Å². The predicted molar refractivity (Wildman–Crippen MR) is 123 cm³/mol. The Bertz CT molecular complexity index is 1380. The third-order valence-electron chi connectivity index (χ3n) is 5.77. The number of oxime groups is 1. The van der Waals surface area contributed by atoms with E-state index in [9.17, 15) is 14.0 Å². The van der Waals surface area contributed by atoms with Crippen molar-refractivity contribution in [3.05, 3.63) is 81.0 Å². The Kier molecular flexibility index (Phi) is 5.98. The van der Waals surface area contributed by atoms with Crippen molar-refractivity contribution in [3.8, 4) is 5.75 Å². The van der Waals surface area contributed by atoms with E-state index in [0.29, 0.717) is 34.9 Å². The van der Waals surface area contributed by atoms with Crippen LogP contribution >= 0.6 is 0 Å². The molecule has 1 aliphatic carbocycles. The Morgan fingerprint density at radius 2 is 2.06 bits per heavy atom. The van der Waals surface area contributed by atoms with Crippen LogP contribution in [0.25, 0.3) is 0 Å². The number of hydrogen-bond donors (Lipinski definition) is 1. The molecule has 1 aromatic carbocycles. The van der Waals surface area contributed by atoms with Gasteiger partial charge in [0.05, 0.1) is 18.8 Å². The number of hydrogen-bond acceptors (Lipinski definition) is 8. The van der Waals surface area contributed by atoms with Gasteiger partial charge in [-0.05, 0) is 49.6 Å². The number of carbonyl (C=O) groups is 1. The lowest BCUT2D eigenvalue weighted by atomic mass is 10.1. The number of carbonyl (C=O) groups excluding carboxylic acids is 1. The number of nitrogens with zero attached hydrogens (tertiary/aromatic N) is 5. The lowest BCUT2D eigenvalue weighted by Gasteiger charge is -2.10. The fourth-order valence-electron chi connectivity index (χ4n) is 3.80. The monoisotopic (exact) mass is 478 g/mol. The standard InChI is InChI=1S/C24H23FN6O4/c1-13-27-18(10-20(28-13)24(33)26-12-14-3-6-16(25)21(9-14)34-2)19-11-22(35-30-19)17-7-8-23(32)31(29-17)15-4-5-15/h3,6-10,15,22H,4-5,11-12H2,1-2H3,(H,26,33)/t22-/m1/s1. The summed E-state index contributed by atoms with van der Waals surface area (Å²) < 4.78 is 20.1. The second-order valence-corrected chi connectivity index (χ2v) is 8.45. The van der Waals surface area contributed by atoms with Crippen molar-refractivity contribution < 1.29 is 18.8 Å². The van der Waals surface area contributed by atoms with Crippen LogP contribution in [0.4, 0.5) is 4.39 Å². The molecule has 3 heterocycles. The SMILES string of the molecule is COc1cc(CNC(=O)c2cc(C3=NO[C@@H](c4ccc(=O)n(C5CC5)n4)C3)nc(C)n2)ccc1F. The molecular weight excluding hydrogens is 455 g/mol. The first kappa shape index (κ1) is 22.6.